The predicted octanol–water partition coefficient (Wildman–Crippen LogP) is 5.16. The van der Waals surface area contributed by atoms with Crippen molar-refractivity contribution in [3.63, 3.8) is 0 Å². The lowest BCUT2D eigenvalue weighted by Gasteiger charge is -2.10. The Morgan fingerprint density at radius 2 is 1.96 bits per heavy atom. The van der Waals surface area contributed by atoms with Crippen molar-refractivity contribution < 1.29 is 4.79 Å². The van der Waals surface area contributed by atoms with Gasteiger partial charge in [-0.05, 0) is 47.0 Å². The maximum Gasteiger partial charge on any atom is 0.234 e. The fourth-order valence-electron chi connectivity index (χ4n) is 2.66. The first-order valence-electron chi connectivity index (χ1n) is 8.76. The fraction of sp³-hybridized carbons (Fsp3) is 0.250. The van der Waals surface area contributed by atoms with Crippen LogP contribution >= 0.6 is 27.7 Å². The maximum absolute atomic E-state index is 12.4. The van der Waals surface area contributed by atoms with Gasteiger partial charge in [0.1, 0.15) is 0 Å². The molecule has 140 valence electrons. The second-order valence-corrected chi connectivity index (χ2v) is 7.94. The van der Waals surface area contributed by atoms with E-state index < -0.39 is 0 Å². The molecule has 0 bridgehead atoms. The Hall–Kier alpha value is -2.12. The molecule has 1 N–H and O–H groups in total. The molecule has 5 nitrogen and oxygen atoms in total. The third kappa shape index (κ3) is 4.99. The molecule has 0 aliphatic carbocycles. The van der Waals surface area contributed by atoms with E-state index in [4.69, 9.17) is 0 Å². The quantitative estimate of drug-likeness (QED) is 0.511. The summed E-state index contributed by atoms with van der Waals surface area (Å²) >= 11 is 4.89. The molecule has 1 amide bonds. The average Bonchev–Trinajstić information content (AvgIpc) is 3.06. The van der Waals surface area contributed by atoms with E-state index in [2.05, 4.69) is 42.9 Å². The van der Waals surface area contributed by atoms with Crippen LogP contribution in [0.1, 0.15) is 18.9 Å². The highest BCUT2D eigenvalue weighted by Crippen LogP contribution is 2.26. The Labute approximate surface area is 171 Å². The van der Waals surface area contributed by atoms with Crippen LogP contribution in [0.5, 0.6) is 0 Å². The molecule has 2 aromatic carbocycles. The molecule has 0 atom stereocenters. The molecule has 0 aliphatic rings. The van der Waals surface area contributed by atoms with E-state index in [1.807, 2.05) is 55.5 Å². The number of hydrogen-bond acceptors (Lipinski definition) is 4. The second kappa shape index (κ2) is 9.19. The van der Waals surface area contributed by atoms with Gasteiger partial charge in [0.2, 0.25) is 5.91 Å². The fourth-order valence-corrected chi connectivity index (χ4v) is 4.02. The standard InChI is InChI=1S/C20H21BrN4OS/c1-3-11-25-19(15-7-5-4-6-8-15)23-24-20(25)27-13-18(26)22-17-10-9-14(2)12-16(17)21/h4-10,12H,3,11,13H2,1-2H3,(H,22,26). The molecule has 1 heterocycles. The molecule has 0 saturated carbocycles. The van der Waals surface area contributed by atoms with Crippen LogP contribution in [0.2, 0.25) is 0 Å². The molecule has 3 aromatic rings. The number of carbonyl (C=O) groups is 1. The van der Waals surface area contributed by atoms with Gasteiger partial charge >= 0.3 is 0 Å². The third-order valence-electron chi connectivity index (χ3n) is 3.93. The van der Waals surface area contributed by atoms with E-state index in [9.17, 15) is 4.79 Å². The number of anilines is 1. The highest BCUT2D eigenvalue weighted by molar-refractivity contribution is 9.10. The third-order valence-corrected chi connectivity index (χ3v) is 5.55. The van der Waals surface area contributed by atoms with Crippen molar-refractivity contribution in [3.05, 3.63) is 58.6 Å². The van der Waals surface area contributed by atoms with Crippen molar-refractivity contribution in [3.8, 4) is 11.4 Å². The summed E-state index contributed by atoms with van der Waals surface area (Å²) in [7, 11) is 0. The van der Waals surface area contributed by atoms with Gasteiger partial charge in [0, 0.05) is 16.6 Å². The summed E-state index contributed by atoms with van der Waals surface area (Å²) in [6, 6.07) is 15.8. The van der Waals surface area contributed by atoms with E-state index in [0.717, 1.165) is 45.2 Å². The van der Waals surface area contributed by atoms with Gasteiger partial charge in [0.05, 0.1) is 11.4 Å². The van der Waals surface area contributed by atoms with Crippen molar-refractivity contribution in [2.24, 2.45) is 0 Å². The Morgan fingerprint density at radius 1 is 1.19 bits per heavy atom. The Kier molecular flexibility index (Phi) is 6.68. The number of aromatic nitrogens is 3. The van der Waals surface area contributed by atoms with E-state index >= 15 is 0 Å². The first-order chi connectivity index (χ1) is 13.1. The van der Waals surface area contributed by atoms with E-state index in [0.29, 0.717) is 0 Å². The van der Waals surface area contributed by atoms with Crippen molar-refractivity contribution in [1.29, 1.82) is 0 Å². The van der Waals surface area contributed by atoms with Gasteiger partial charge in [-0.3, -0.25) is 4.79 Å². The van der Waals surface area contributed by atoms with Gasteiger partial charge in [-0.1, -0.05) is 55.1 Å². The molecule has 0 radical (unpaired) electrons. The van der Waals surface area contributed by atoms with Crippen LogP contribution in [-0.4, -0.2) is 26.4 Å². The Bertz CT molecular complexity index is 927. The molecular formula is C20H21BrN4OS. The monoisotopic (exact) mass is 444 g/mol. The van der Waals surface area contributed by atoms with Crippen molar-refractivity contribution in [2.45, 2.75) is 32.0 Å². The Morgan fingerprint density at radius 3 is 2.67 bits per heavy atom. The molecule has 3 rings (SSSR count). The zero-order chi connectivity index (χ0) is 19.2. The van der Waals surface area contributed by atoms with E-state index in [1.165, 1.54) is 11.8 Å². The zero-order valence-corrected chi connectivity index (χ0v) is 17.7. The van der Waals surface area contributed by atoms with Crippen LogP contribution in [0.4, 0.5) is 5.69 Å². The molecule has 0 unspecified atom stereocenters. The number of rotatable bonds is 7. The second-order valence-electron chi connectivity index (χ2n) is 6.14. The zero-order valence-electron chi connectivity index (χ0n) is 15.3. The van der Waals surface area contributed by atoms with Crippen LogP contribution in [-0.2, 0) is 11.3 Å². The lowest BCUT2D eigenvalue weighted by Crippen LogP contribution is -2.15. The largest absolute Gasteiger partial charge is 0.324 e. The number of nitrogens with one attached hydrogen (secondary N) is 1. The van der Waals surface area contributed by atoms with Crippen molar-refractivity contribution in [2.75, 3.05) is 11.1 Å². The molecule has 7 heteroatoms. The molecule has 0 spiro atoms. The lowest BCUT2D eigenvalue weighted by atomic mass is 10.2. The number of nitrogens with zero attached hydrogens (tertiary/aromatic N) is 3. The van der Waals surface area contributed by atoms with E-state index in [1.54, 1.807) is 0 Å². The van der Waals surface area contributed by atoms with Crippen molar-refractivity contribution in [1.82, 2.24) is 14.8 Å². The summed E-state index contributed by atoms with van der Waals surface area (Å²) < 4.78 is 2.95. The summed E-state index contributed by atoms with van der Waals surface area (Å²) in [5.41, 5.74) is 2.93. The summed E-state index contributed by atoms with van der Waals surface area (Å²) in [5.74, 6) is 1.04. The minimum absolute atomic E-state index is 0.0723. The van der Waals surface area contributed by atoms with Crippen LogP contribution in [0.25, 0.3) is 11.4 Å². The predicted molar refractivity (Wildman–Crippen MR) is 114 cm³/mol. The first kappa shape index (κ1) is 19.6. The minimum Gasteiger partial charge on any atom is -0.324 e. The molecule has 27 heavy (non-hydrogen) atoms. The highest BCUT2D eigenvalue weighted by atomic mass is 79.9. The summed E-state index contributed by atoms with van der Waals surface area (Å²) in [6.07, 6.45) is 0.966. The molecule has 1 aromatic heterocycles. The van der Waals surface area contributed by atoms with Gasteiger partial charge in [-0.25, -0.2) is 0 Å². The van der Waals surface area contributed by atoms with Crippen LogP contribution < -0.4 is 5.32 Å². The number of halogens is 1. The van der Waals surface area contributed by atoms with Crippen molar-refractivity contribution >= 4 is 39.3 Å². The highest BCUT2D eigenvalue weighted by Gasteiger charge is 2.15. The van der Waals surface area contributed by atoms with Gasteiger partial charge in [0.25, 0.3) is 0 Å². The van der Waals surface area contributed by atoms with Crippen LogP contribution in [0.15, 0.2) is 58.2 Å². The average molecular weight is 445 g/mol. The smallest absolute Gasteiger partial charge is 0.234 e. The van der Waals surface area contributed by atoms with Gasteiger partial charge in [0.15, 0.2) is 11.0 Å². The normalized spacial score (nSPS) is 10.8. The molecule has 0 saturated heterocycles. The van der Waals surface area contributed by atoms with Crippen LogP contribution in [0.3, 0.4) is 0 Å². The number of hydrogen-bond donors (Lipinski definition) is 1. The number of thioether (sulfide) groups is 1. The SMILES string of the molecule is CCCn1c(SCC(=O)Nc2ccc(C)cc2Br)nnc1-c1ccccc1. The number of amides is 1. The maximum atomic E-state index is 12.4. The first-order valence-corrected chi connectivity index (χ1v) is 10.5. The number of benzene rings is 2. The number of carbonyl (C=O) groups excluding carboxylic acids is 1. The molecular weight excluding hydrogens is 424 g/mol. The lowest BCUT2D eigenvalue weighted by molar-refractivity contribution is -0.113. The topological polar surface area (TPSA) is 59.8 Å². The summed E-state index contributed by atoms with van der Waals surface area (Å²) in [6.45, 7) is 4.94. The van der Waals surface area contributed by atoms with Gasteiger partial charge < -0.3 is 9.88 Å². The number of aryl methyl sites for hydroxylation is 1. The molecule has 0 fully saturated rings. The minimum atomic E-state index is -0.0723. The van der Waals surface area contributed by atoms with Crippen LogP contribution in [0, 0.1) is 6.92 Å². The summed E-state index contributed by atoms with van der Waals surface area (Å²) in [5, 5.41) is 12.3. The van der Waals surface area contributed by atoms with Gasteiger partial charge in [-0.2, -0.15) is 0 Å². The Balaban J connectivity index is 1.70. The molecule has 0 aliphatic heterocycles. The van der Waals surface area contributed by atoms with Gasteiger partial charge in [-0.15, -0.1) is 10.2 Å². The summed E-state index contributed by atoms with van der Waals surface area (Å²) in [4.78, 5) is 12.4. The van der Waals surface area contributed by atoms with E-state index in [-0.39, 0.29) is 11.7 Å².